The zero-order valence-corrected chi connectivity index (χ0v) is 42.4. The highest BCUT2D eigenvalue weighted by atomic mass is 16.6. The Morgan fingerprint density at radius 3 is 1.10 bits per heavy atom. The molecule has 0 aliphatic heterocycles. The molecule has 2 aromatic carbocycles. The highest BCUT2D eigenvalue weighted by Gasteiger charge is 2.21. The number of hydrogen-bond acceptors (Lipinski definition) is 12. The van der Waals surface area contributed by atoms with Gasteiger partial charge >= 0.3 is 11.9 Å². The first kappa shape index (κ1) is 59.5. The molecule has 2 rings (SSSR count). The van der Waals surface area contributed by atoms with Crippen molar-refractivity contribution in [3.05, 3.63) is 57.6 Å². The third kappa shape index (κ3) is 27.4. The molecule has 0 spiro atoms. The molecule has 0 bridgehead atoms. The summed E-state index contributed by atoms with van der Waals surface area (Å²) in [6, 6.07) is 6.81. The largest absolute Gasteiger partial charge is 0.492 e. The second kappa shape index (κ2) is 41.4. The van der Waals surface area contributed by atoms with Crippen molar-refractivity contribution in [1.29, 1.82) is 0 Å². The summed E-state index contributed by atoms with van der Waals surface area (Å²) in [6.45, 7) is 12.6. The number of carbonyl (C=O) groups excluding carboxylic acids is 2. The fourth-order valence-electron chi connectivity index (χ4n) is 6.85. The van der Waals surface area contributed by atoms with E-state index in [9.17, 15) is 9.59 Å². The minimum atomic E-state index is -0.649. The minimum Gasteiger partial charge on any atom is -0.492 e. The highest BCUT2D eigenvalue weighted by Crippen LogP contribution is 2.30. The number of ether oxygens (including phenoxy) is 10. The number of esters is 2. The summed E-state index contributed by atoms with van der Waals surface area (Å²) in [6.07, 6.45) is 18.9. The number of rotatable bonds is 40. The molecule has 0 heterocycles. The van der Waals surface area contributed by atoms with E-state index < -0.39 is 11.9 Å². The van der Waals surface area contributed by atoms with Crippen molar-refractivity contribution in [2.75, 3.05) is 107 Å². The van der Waals surface area contributed by atoms with E-state index >= 15 is 0 Å². The van der Waals surface area contributed by atoms with Gasteiger partial charge in [0, 0.05) is 37.5 Å². The van der Waals surface area contributed by atoms with Crippen molar-refractivity contribution in [3.63, 3.8) is 0 Å². The minimum absolute atomic E-state index is 0.00752. The van der Waals surface area contributed by atoms with Gasteiger partial charge in [0.15, 0.2) is 0 Å². The van der Waals surface area contributed by atoms with Gasteiger partial charge < -0.3 is 47.4 Å². The number of unbranched alkanes of at least 4 members (excludes halogenated alkanes) is 14. The molecule has 2 aromatic rings. The first-order valence-corrected chi connectivity index (χ1v) is 25.1. The number of carbonyl (C=O) groups is 2. The van der Waals surface area contributed by atoms with Crippen molar-refractivity contribution in [3.8, 4) is 47.0 Å². The van der Waals surface area contributed by atoms with Crippen molar-refractivity contribution >= 4 is 11.9 Å². The van der Waals surface area contributed by atoms with Gasteiger partial charge in [0.25, 0.3) is 0 Å². The van der Waals surface area contributed by atoms with Gasteiger partial charge in [-0.2, -0.15) is 0 Å². The van der Waals surface area contributed by atoms with Crippen LogP contribution in [0.5, 0.6) is 11.5 Å². The first-order valence-electron chi connectivity index (χ1n) is 25.1. The summed E-state index contributed by atoms with van der Waals surface area (Å²) in [5.41, 5.74) is 2.09. The third-order valence-corrected chi connectivity index (χ3v) is 10.6. The average molecular weight is 947 g/mol. The molecule has 0 saturated heterocycles. The number of hydrogen-bond donors (Lipinski definition) is 0. The second-order valence-electron chi connectivity index (χ2n) is 16.1. The van der Waals surface area contributed by atoms with E-state index in [0.717, 1.165) is 32.1 Å². The predicted molar refractivity (Wildman–Crippen MR) is 268 cm³/mol. The summed E-state index contributed by atoms with van der Waals surface area (Å²) in [7, 11) is 3.22. The monoisotopic (exact) mass is 947 g/mol. The van der Waals surface area contributed by atoms with Gasteiger partial charge in [-0.05, 0) is 38.8 Å². The lowest BCUT2D eigenvalue weighted by atomic mass is 9.98. The molecule has 0 amide bonds. The van der Waals surface area contributed by atoms with Crippen LogP contribution >= 0.6 is 0 Å². The smallest absolute Gasteiger partial charge is 0.339 e. The summed E-state index contributed by atoms with van der Waals surface area (Å²) < 4.78 is 56.2. The van der Waals surface area contributed by atoms with Crippen LogP contribution in [0.1, 0.15) is 173 Å². The van der Waals surface area contributed by atoms with Crippen LogP contribution in [-0.2, 0) is 37.9 Å². The Labute approximate surface area is 409 Å². The summed E-state index contributed by atoms with van der Waals surface area (Å²) >= 11 is 0. The lowest BCUT2D eigenvalue weighted by Crippen LogP contribution is -2.17. The van der Waals surface area contributed by atoms with Crippen molar-refractivity contribution < 1.29 is 57.0 Å². The Hall–Kier alpha value is -4.58. The van der Waals surface area contributed by atoms with Crippen LogP contribution in [0.25, 0.3) is 0 Å². The molecule has 0 atom stereocenters. The maximum atomic E-state index is 13.8. The molecule has 0 saturated carbocycles. The van der Waals surface area contributed by atoms with Gasteiger partial charge in [-0.15, -0.1) is 11.8 Å². The first-order chi connectivity index (χ1) is 33.4. The predicted octanol–water partition coefficient (Wildman–Crippen LogP) is 10.5. The van der Waals surface area contributed by atoms with E-state index in [-0.39, 0.29) is 43.1 Å². The molecule has 12 nitrogen and oxygen atoms in total. The second-order valence-corrected chi connectivity index (χ2v) is 16.1. The SMILES string of the molecule is CC#Cc1cc(OCCCCCCCCCC)c(C#Cc2cc(C(=O)OCCOCCOCCOC)c(C#CC)cc2C(=O)OCCOCCOCCOC)cc1OCCCCCCCCCC. The molecule has 0 N–H and O–H groups in total. The van der Waals surface area contributed by atoms with Gasteiger partial charge in [-0.3, -0.25) is 0 Å². The van der Waals surface area contributed by atoms with E-state index in [1.54, 1.807) is 28.1 Å². The Bertz CT molecular complexity index is 1860. The molecule has 0 unspecified atom stereocenters. The molecule has 0 radical (unpaired) electrons. The van der Waals surface area contributed by atoms with E-state index in [1.807, 2.05) is 12.1 Å². The standard InChI is InChI=1S/C56H82O12/c1-7-11-13-15-17-19-21-23-29-65-53-46-50(54(45-49(53)26-10-4)66-30-24-22-20-18-16-14-12-8-2)28-27-48-44-51(55(57)67-41-39-63-37-35-61-33-31-59-5)47(25-9-3)43-52(48)56(58)68-42-40-64-38-36-62-34-32-60-6/h43-46H,7-8,11-24,29-42H2,1-6H3. The van der Waals surface area contributed by atoms with Crippen molar-refractivity contribution in [2.45, 2.75) is 130 Å². The normalized spacial score (nSPS) is 10.6. The summed E-state index contributed by atoms with van der Waals surface area (Å²) in [5.74, 6) is 18.4. The number of benzene rings is 2. The van der Waals surface area contributed by atoms with E-state index in [1.165, 1.54) is 82.8 Å². The van der Waals surface area contributed by atoms with Crippen LogP contribution in [0, 0.1) is 35.5 Å². The van der Waals surface area contributed by atoms with Crippen LogP contribution < -0.4 is 9.47 Å². The van der Waals surface area contributed by atoms with Crippen molar-refractivity contribution in [2.24, 2.45) is 0 Å². The maximum Gasteiger partial charge on any atom is 0.339 e. The quantitative estimate of drug-likeness (QED) is 0.0359. The zero-order valence-electron chi connectivity index (χ0n) is 42.4. The van der Waals surface area contributed by atoms with Gasteiger partial charge in [-0.1, -0.05) is 127 Å². The number of methoxy groups -OCH3 is 2. The van der Waals surface area contributed by atoms with E-state index in [0.29, 0.717) is 94.3 Å². The van der Waals surface area contributed by atoms with Crippen LogP contribution in [0.15, 0.2) is 24.3 Å². The van der Waals surface area contributed by atoms with E-state index in [4.69, 9.17) is 47.4 Å². The van der Waals surface area contributed by atoms with Crippen LogP contribution in [0.3, 0.4) is 0 Å². The van der Waals surface area contributed by atoms with Crippen LogP contribution in [-0.4, -0.2) is 119 Å². The van der Waals surface area contributed by atoms with E-state index in [2.05, 4.69) is 49.4 Å². The average Bonchev–Trinajstić information content (AvgIpc) is 3.34. The Kier molecular flexibility index (Phi) is 36.2. The highest BCUT2D eigenvalue weighted by molar-refractivity contribution is 5.98. The zero-order chi connectivity index (χ0) is 49.1. The van der Waals surface area contributed by atoms with Gasteiger partial charge in [-0.25, -0.2) is 9.59 Å². The molecule has 378 valence electrons. The maximum absolute atomic E-state index is 13.8. The molecule has 0 aliphatic carbocycles. The third-order valence-electron chi connectivity index (χ3n) is 10.6. The Morgan fingerprint density at radius 1 is 0.382 bits per heavy atom. The van der Waals surface area contributed by atoms with Gasteiger partial charge in [0.2, 0.25) is 0 Å². The summed E-state index contributed by atoms with van der Waals surface area (Å²) in [4.78, 5) is 27.5. The van der Waals surface area contributed by atoms with Crippen LogP contribution in [0.2, 0.25) is 0 Å². The Morgan fingerprint density at radius 2 is 0.706 bits per heavy atom. The molecular weight excluding hydrogens is 865 g/mol. The molecule has 0 aliphatic rings. The molecule has 0 fully saturated rings. The van der Waals surface area contributed by atoms with Crippen LogP contribution in [0.4, 0.5) is 0 Å². The van der Waals surface area contributed by atoms with Gasteiger partial charge in [0.05, 0.1) is 102 Å². The fraction of sp³-hybridized carbons (Fsp3) is 0.643. The molecule has 12 heteroatoms. The van der Waals surface area contributed by atoms with Crippen molar-refractivity contribution in [1.82, 2.24) is 0 Å². The molecule has 0 aromatic heterocycles. The molecule has 68 heavy (non-hydrogen) atoms. The lowest BCUT2D eigenvalue weighted by molar-refractivity contribution is 0.00533. The fourth-order valence-corrected chi connectivity index (χ4v) is 6.85. The molecular formula is C56H82O12. The topological polar surface area (TPSA) is 126 Å². The Balaban J connectivity index is 2.49. The summed E-state index contributed by atoms with van der Waals surface area (Å²) in [5, 5.41) is 0. The lowest BCUT2D eigenvalue weighted by Gasteiger charge is -2.14. The van der Waals surface area contributed by atoms with Gasteiger partial charge in [0.1, 0.15) is 24.7 Å².